The van der Waals surface area contributed by atoms with Crippen molar-refractivity contribution in [1.82, 2.24) is 9.80 Å². The van der Waals surface area contributed by atoms with E-state index in [4.69, 9.17) is 21.1 Å². The summed E-state index contributed by atoms with van der Waals surface area (Å²) in [5.41, 5.74) is 1.60. The van der Waals surface area contributed by atoms with Crippen molar-refractivity contribution < 1.29 is 18.7 Å². The molecule has 154 valence electrons. The van der Waals surface area contributed by atoms with E-state index in [-0.39, 0.29) is 23.8 Å². The predicted molar refractivity (Wildman–Crippen MR) is 109 cm³/mol. The molecule has 8 heteroatoms. The van der Waals surface area contributed by atoms with Crippen LogP contribution < -0.4 is 14.8 Å². The SMILES string of the molecule is C[C@@H](C(=O)Nc1ccc(F)cc1Cl)N1CCN(Cc2ccc3c(c2)OCO3)CC1. The van der Waals surface area contributed by atoms with E-state index in [2.05, 4.69) is 21.2 Å². The van der Waals surface area contributed by atoms with Crippen LogP contribution in [0.15, 0.2) is 36.4 Å². The molecule has 0 aromatic heterocycles. The highest BCUT2D eigenvalue weighted by Crippen LogP contribution is 2.33. The number of hydrogen-bond donors (Lipinski definition) is 1. The van der Waals surface area contributed by atoms with Crippen molar-refractivity contribution in [2.45, 2.75) is 19.5 Å². The van der Waals surface area contributed by atoms with Crippen molar-refractivity contribution in [3.8, 4) is 11.5 Å². The zero-order valence-electron chi connectivity index (χ0n) is 16.2. The molecule has 29 heavy (non-hydrogen) atoms. The normalized spacial score (nSPS) is 17.9. The fourth-order valence-electron chi connectivity index (χ4n) is 3.60. The topological polar surface area (TPSA) is 54.0 Å². The molecule has 0 aliphatic carbocycles. The Bertz CT molecular complexity index is 903. The van der Waals surface area contributed by atoms with Gasteiger partial charge < -0.3 is 14.8 Å². The Kier molecular flexibility index (Phi) is 5.89. The first kappa shape index (κ1) is 19.9. The zero-order chi connectivity index (χ0) is 20.4. The summed E-state index contributed by atoms with van der Waals surface area (Å²) < 4.78 is 24.0. The first-order valence-electron chi connectivity index (χ1n) is 9.60. The third-order valence-corrected chi connectivity index (χ3v) is 5.68. The van der Waals surface area contributed by atoms with Crippen molar-refractivity contribution in [1.29, 1.82) is 0 Å². The van der Waals surface area contributed by atoms with E-state index in [0.717, 1.165) is 44.2 Å². The van der Waals surface area contributed by atoms with Crippen molar-refractivity contribution in [3.05, 3.63) is 52.8 Å². The molecule has 2 heterocycles. The van der Waals surface area contributed by atoms with Gasteiger partial charge in [-0.3, -0.25) is 14.6 Å². The number of carbonyl (C=O) groups excluding carboxylic acids is 1. The summed E-state index contributed by atoms with van der Waals surface area (Å²) in [7, 11) is 0. The number of carbonyl (C=O) groups is 1. The van der Waals surface area contributed by atoms with Crippen LogP contribution in [0.1, 0.15) is 12.5 Å². The van der Waals surface area contributed by atoms with Gasteiger partial charge in [-0.1, -0.05) is 17.7 Å². The van der Waals surface area contributed by atoms with E-state index in [1.54, 1.807) is 0 Å². The van der Waals surface area contributed by atoms with Gasteiger partial charge in [0.25, 0.3) is 0 Å². The fraction of sp³-hybridized carbons (Fsp3) is 0.381. The smallest absolute Gasteiger partial charge is 0.241 e. The van der Waals surface area contributed by atoms with Crippen LogP contribution in [0.4, 0.5) is 10.1 Å². The molecule has 2 aromatic rings. The van der Waals surface area contributed by atoms with Gasteiger partial charge in [0.15, 0.2) is 11.5 Å². The molecule has 2 aliphatic rings. The lowest BCUT2D eigenvalue weighted by molar-refractivity contribution is -0.121. The molecule has 0 spiro atoms. The number of rotatable bonds is 5. The molecule has 0 saturated carbocycles. The number of ether oxygens (including phenoxy) is 2. The Balaban J connectivity index is 1.29. The maximum atomic E-state index is 13.2. The van der Waals surface area contributed by atoms with Crippen LogP contribution in [0.3, 0.4) is 0 Å². The van der Waals surface area contributed by atoms with E-state index in [1.807, 2.05) is 19.1 Å². The lowest BCUT2D eigenvalue weighted by Gasteiger charge is -2.37. The Morgan fingerprint density at radius 1 is 1.14 bits per heavy atom. The minimum absolute atomic E-state index is 0.150. The number of nitrogens with zero attached hydrogens (tertiary/aromatic N) is 2. The second kappa shape index (κ2) is 8.57. The number of anilines is 1. The van der Waals surface area contributed by atoms with Crippen LogP contribution in [-0.4, -0.2) is 54.7 Å². The maximum absolute atomic E-state index is 13.2. The Morgan fingerprint density at radius 3 is 2.66 bits per heavy atom. The molecule has 0 unspecified atom stereocenters. The highest BCUT2D eigenvalue weighted by Gasteiger charge is 2.26. The molecule has 0 radical (unpaired) electrons. The molecule has 4 rings (SSSR count). The van der Waals surface area contributed by atoms with E-state index in [0.29, 0.717) is 5.69 Å². The summed E-state index contributed by atoms with van der Waals surface area (Å²) in [5, 5.41) is 2.98. The third-order valence-electron chi connectivity index (χ3n) is 5.37. The van der Waals surface area contributed by atoms with Crippen LogP contribution in [0.25, 0.3) is 0 Å². The van der Waals surface area contributed by atoms with Crippen molar-refractivity contribution >= 4 is 23.2 Å². The number of piperazine rings is 1. The quantitative estimate of drug-likeness (QED) is 0.805. The molecule has 1 fully saturated rings. The number of fused-ring (bicyclic) bond motifs is 1. The van der Waals surface area contributed by atoms with Crippen LogP contribution in [0.2, 0.25) is 5.02 Å². The molecule has 1 N–H and O–H groups in total. The van der Waals surface area contributed by atoms with Crippen molar-refractivity contribution in [3.63, 3.8) is 0 Å². The minimum atomic E-state index is -0.431. The van der Waals surface area contributed by atoms with Gasteiger partial charge in [-0.2, -0.15) is 0 Å². The average Bonchev–Trinajstić information content (AvgIpc) is 3.18. The van der Waals surface area contributed by atoms with E-state index < -0.39 is 5.82 Å². The predicted octanol–water partition coefficient (Wildman–Crippen LogP) is 3.35. The number of halogens is 2. The van der Waals surface area contributed by atoms with Gasteiger partial charge in [-0.05, 0) is 42.8 Å². The first-order valence-corrected chi connectivity index (χ1v) is 9.98. The second-order valence-electron chi connectivity index (χ2n) is 7.29. The van der Waals surface area contributed by atoms with Crippen molar-refractivity contribution in [2.24, 2.45) is 0 Å². The third kappa shape index (κ3) is 4.63. The number of hydrogen-bond acceptors (Lipinski definition) is 5. The Labute approximate surface area is 174 Å². The maximum Gasteiger partial charge on any atom is 0.241 e. The summed E-state index contributed by atoms with van der Waals surface area (Å²) in [6.45, 7) is 6.29. The van der Waals surface area contributed by atoms with Crippen LogP contribution in [0.5, 0.6) is 11.5 Å². The Morgan fingerprint density at radius 2 is 1.90 bits per heavy atom. The summed E-state index contributed by atoms with van der Waals surface area (Å²) in [6.07, 6.45) is 0. The number of nitrogens with one attached hydrogen (secondary N) is 1. The van der Waals surface area contributed by atoms with Gasteiger partial charge in [0.05, 0.1) is 16.8 Å². The van der Waals surface area contributed by atoms with Crippen LogP contribution in [-0.2, 0) is 11.3 Å². The lowest BCUT2D eigenvalue weighted by atomic mass is 10.1. The van der Waals surface area contributed by atoms with Crippen LogP contribution in [0, 0.1) is 5.82 Å². The molecular formula is C21H23ClFN3O3. The van der Waals surface area contributed by atoms with E-state index in [9.17, 15) is 9.18 Å². The lowest BCUT2D eigenvalue weighted by Crippen LogP contribution is -2.52. The Hall–Kier alpha value is -2.35. The summed E-state index contributed by atoms with van der Waals surface area (Å²) in [5.74, 6) is 1.01. The standard InChI is InChI=1S/C21H23ClFN3O3/c1-14(21(27)24-18-4-3-16(23)11-17(18)22)26-8-6-25(7-9-26)12-15-2-5-19-20(10-15)29-13-28-19/h2-5,10-11,14H,6-9,12-13H2,1H3,(H,24,27)/t14-/m0/s1. The molecule has 1 amide bonds. The largest absolute Gasteiger partial charge is 0.454 e. The highest BCUT2D eigenvalue weighted by atomic mass is 35.5. The van der Waals surface area contributed by atoms with Crippen molar-refractivity contribution in [2.75, 3.05) is 38.3 Å². The molecule has 6 nitrogen and oxygen atoms in total. The van der Waals surface area contributed by atoms with Gasteiger partial charge in [0.1, 0.15) is 5.82 Å². The molecular weight excluding hydrogens is 397 g/mol. The molecule has 2 aliphatic heterocycles. The highest BCUT2D eigenvalue weighted by molar-refractivity contribution is 6.33. The van der Waals surface area contributed by atoms with Gasteiger partial charge >= 0.3 is 0 Å². The molecule has 1 saturated heterocycles. The number of amides is 1. The first-order chi connectivity index (χ1) is 14.0. The van der Waals surface area contributed by atoms with Gasteiger partial charge in [0, 0.05) is 32.7 Å². The van der Waals surface area contributed by atoms with Gasteiger partial charge in [0.2, 0.25) is 12.7 Å². The van der Waals surface area contributed by atoms with E-state index in [1.165, 1.54) is 23.8 Å². The minimum Gasteiger partial charge on any atom is -0.454 e. The summed E-state index contributed by atoms with van der Waals surface area (Å²) in [6, 6.07) is 9.67. The van der Waals surface area contributed by atoms with Gasteiger partial charge in [-0.25, -0.2) is 4.39 Å². The average molecular weight is 420 g/mol. The molecule has 0 bridgehead atoms. The molecule has 1 atom stereocenters. The number of benzene rings is 2. The van der Waals surface area contributed by atoms with E-state index >= 15 is 0 Å². The monoisotopic (exact) mass is 419 g/mol. The van der Waals surface area contributed by atoms with Crippen LogP contribution >= 0.6 is 11.6 Å². The zero-order valence-corrected chi connectivity index (χ0v) is 16.9. The second-order valence-corrected chi connectivity index (χ2v) is 7.70. The fourth-order valence-corrected chi connectivity index (χ4v) is 3.81. The molecule has 2 aromatic carbocycles. The van der Waals surface area contributed by atoms with Gasteiger partial charge in [-0.15, -0.1) is 0 Å². The summed E-state index contributed by atoms with van der Waals surface area (Å²) >= 11 is 6.00. The summed E-state index contributed by atoms with van der Waals surface area (Å²) in [4.78, 5) is 17.1.